The van der Waals surface area contributed by atoms with E-state index in [2.05, 4.69) is 0 Å². The summed E-state index contributed by atoms with van der Waals surface area (Å²) >= 11 is 0. The molecule has 0 saturated heterocycles. The molecule has 1 rings (SSSR count). The molecule has 1 atom stereocenters. The van der Waals surface area contributed by atoms with Gasteiger partial charge in [0.05, 0.1) is 0 Å². The number of benzene rings is 1. The van der Waals surface area contributed by atoms with Crippen molar-refractivity contribution >= 4 is 18.3 Å². The van der Waals surface area contributed by atoms with Crippen LogP contribution >= 0.6 is 0 Å². The minimum Gasteiger partial charge on any atom is -0.481 e. The first-order valence-electron chi connectivity index (χ1n) is 5.89. The van der Waals surface area contributed by atoms with Crippen LogP contribution in [0.15, 0.2) is 30.3 Å². The molecule has 1 aromatic carbocycles. The fourth-order valence-corrected chi connectivity index (χ4v) is 1.54. The monoisotopic (exact) mass is 281 g/mol. The summed E-state index contributed by atoms with van der Waals surface area (Å²) in [4.78, 5) is 37.6. The van der Waals surface area contributed by atoms with Crippen molar-refractivity contribution in [2.75, 3.05) is 0 Å². The van der Waals surface area contributed by atoms with E-state index in [4.69, 9.17) is 15.1 Å². The van der Waals surface area contributed by atoms with E-state index in [1.165, 1.54) is 0 Å². The van der Waals surface area contributed by atoms with Crippen LogP contribution in [0.4, 0.5) is 0 Å². The number of hydroxylamine groups is 2. The first kappa shape index (κ1) is 15.6. The van der Waals surface area contributed by atoms with Crippen LogP contribution in [0, 0.1) is 0 Å². The summed E-state index contributed by atoms with van der Waals surface area (Å²) in [7, 11) is 0. The number of carboxylic acid groups (broad SMARTS) is 2. The first-order valence-corrected chi connectivity index (χ1v) is 5.89. The number of hydrogen-bond acceptors (Lipinski definition) is 4. The van der Waals surface area contributed by atoms with Crippen molar-refractivity contribution < 1.29 is 29.4 Å². The van der Waals surface area contributed by atoms with Gasteiger partial charge in [-0.3, -0.25) is 14.4 Å². The number of nitrogens with zero attached hydrogens (tertiary/aromatic N) is 1. The van der Waals surface area contributed by atoms with Gasteiger partial charge in [0.2, 0.25) is 6.41 Å². The van der Waals surface area contributed by atoms with Gasteiger partial charge in [-0.1, -0.05) is 30.3 Å². The smallest absolute Gasteiger partial charge is 0.329 e. The highest BCUT2D eigenvalue weighted by atomic mass is 16.7. The zero-order valence-electron chi connectivity index (χ0n) is 10.6. The molecule has 0 heterocycles. The van der Waals surface area contributed by atoms with E-state index in [9.17, 15) is 14.4 Å². The Kier molecular flexibility index (Phi) is 6.18. The summed E-state index contributed by atoms with van der Waals surface area (Å²) in [6.45, 7) is 0.0242. The fraction of sp³-hybridized carbons (Fsp3) is 0.308. The highest BCUT2D eigenvalue weighted by molar-refractivity contribution is 5.77. The highest BCUT2D eigenvalue weighted by Gasteiger charge is 2.26. The van der Waals surface area contributed by atoms with Gasteiger partial charge in [0.15, 0.2) is 6.04 Å². The molecule has 20 heavy (non-hydrogen) atoms. The molecule has 0 fully saturated rings. The number of carboxylic acids is 2. The van der Waals surface area contributed by atoms with E-state index < -0.39 is 18.0 Å². The van der Waals surface area contributed by atoms with Crippen LogP contribution in [0.25, 0.3) is 0 Å². The number of hydrogen-bond donors (Lipinski definition) is 2. The lowest BCUT2D eigenvalue weighted by Crippen LogP contribution is -2.40. The Labute approximate surface area is 115 Å². The Hall–Kier alpha value is -2.41. The van der Waals surface area contributed by atoms with Gasteiger partial charge in [0, 0.05) is 6.42 Å². The molecular weight excluding hydrogens is 266 g/mol. The van der Waals surface area contributed by atoms with Crippen LogP contribution in [0.3, 0.4) is 0 Å². The molecule has 0 unspecified atom stereocenters. The van der Waals surface area contributed by atoms with Crippen LogP contribution < -0.4 is 0 Å². The van der Waals surface area contributed by atoms with Crippen molar-refractivity contribution in [1.29, 1.82) is 0 Å². The second-order valence-electron chi connectivity index (χ2n) is 4.01. The van der Waals surface area contributed by atoms with E-state index in [1.807, 2.05) is 6.07 Å². The molecule has 0 aromatic heterocycles. The molecule has 2 N–H and O–H groups in total. The molecule has 0 spiro atoms. The zero-order chi connectivity index (χ0) is 15.0. The van der Waals surface area contributed by atoms with Crippen molar-refractivity contribution in [2.45, 2.75) is 25.5 Å². The average Bonchev–Trinajstić information content (AvgIpc) is 2.42. The maximum Gasteiger partial charge on any atom is 0.329 e. The maximum atomic E-state index is 11.1. The van der Waals surface area contributed by atoms with Crippen LogP contribution in [0.1, 0.15) is 18.4 Å². The van der Waals surface area contributed by atoms with Crippen molar-refractivity contribution in [2.24, 2.45) is 0 Å². The van der Waals surface area contributed by atoms with E-state index in [-0.39, 0.29) is 25.9 Å². The molecule has 7 heteroatoms. The van der Waals surface area contributed by atoms with E-state index in [0.717, 1.165) is 5.56 Å². The Morgan fingerprint density at radius 2 is 1.90 bits per heavy atom. The molecule has 0 saturated carbocycles. The fourth-order valence-electron chi connectivity index (χ4n) is 1.54. The molecular formula is C13H15NO6. The minimum absolute atomic E-state index is 0.0242. The highest BCUT2D eigenvalue weighted by Crippen LogP contribution is 2.10. The van der Waals surface area contributed by atoms with E-state index in [1.54, 1.807) is 24.3 Å². The first-order chi connectivity index (χ1) is 9.54. The average molecular weight is 281 g/mol. The van der Waals surface area contributed by atoms with Crippen LogP contribution in [0.5, 0.6) is 0 Å². The zero-order valence-corrected chi connectivity index (χ0v) is 10.6. The number of carbonyl (C=O) groups excluding carboxylic acids is 1. The molecule has 1 aromatic rings. The van der Waals surface area contributed by atoms with Crippen molar-refractivity contribution in [1.82, 2.24) is 5.06 Å². The standard InChI is InChI=1S/C13H15NO6/c15-9-14(11(13(18)19)6-7-12(16)17)20-8-10-4-2-1-3-5-10/h1-5,9,11H,6-8H2,(H,16,17)(H,18,19)/t11-/m0/s1. The molecule has 108 valence electrons. The number of aliphatic carboxylic acids is 2. The number of carbonyl (C=O) groups is 3. The van der Waals surface area contributed by atoms with Crippen LogP contribution in [-0.2, 0) is 25.8 Å². The molecule has 1 amide bonds. The van der Waals surface area contributed by atoms with Crippen molar-refractivity contribution in [3.05, 3.63) is 35.9 Å². The Balaban J connectivity index is 2.63. The van der Waals surface area contributed by atoms with Crippen LogP contribution in [-0.4, -0.2) is 39.7 Å². The molecule has 0 aliphatic carbocycles. The largest absolute Gasteiger partial charge is 0.481 e. The quantitative estimate of drug-likeness (QED) is 0.514. The summed E-state index contributed by atoms with van der Waals surface area (Å²) in [5, 5.41) is 18.2. The van der Waals surface area contributed by atoms with Gasteiger partial charge in [0.1, 0.15) is 6.61 Å². The second-order valence-corrected chi connectivity index (χ2v) is 4.01. The summed E-state index contributed by atoms with van der Waals surface area (Å²) in [6, 6.07) is 7.57. The lowest BCUT2D eigenvalue weighted by atomic mass is 10.1. The topological polar surface area (TPSA) is 104 Å². The van der Waals surface area contributed by atoms with Gasteiger partial charge < -0.3 is 10.2 Å². The predicted molar refractivity (Wildman–Crippen MR) is 67.4 cm³/mol. The maximum absolute atomic E-state index is 11.1. The van der Waals surface area contributed by atoms with Gasteiger partial charge in [-0.25, -0.2) is 9.86 Å². The molecule has 0 bridgehead atoms. The van der Waals surface area contributed by atoms with Gasteiger partial charge in [-0.2, -0.15) is 0 Å². The summed E-state index contributed by atoms with van der Waals surface area (Å²) in [5.41, 5.74) is 0.765. The van der Waals surface area contributed by atoms with Gasteiger partial charge in [0.25, 0.3) is 0 Å². The predicted octanol–water partition coefficient (Wildman–Crippen LogP) is 0.895. The summed E-state index contributed by atoms with van der Waals surface area (Å²) < 4.78 is 0. The summed E-state index contributed by atoms with van der Waals surface area (Å²) in [6.07, 6.45) is -0.349. The Morgan fingerprint density at radius 3 is 2.40 bits per heavy atom. The second kappa shape index (κ2) is 7.90. The van der Waals surface area contributed by atoms with E-state index >= 15 is 0 Å². The third-order valence-electron chi connectivity index (χ3n) is 2.55. The molecule has 7 nitrogen and oxygen atoms in total. The van der Waals surface area contributed by atoms with Crippen molar-refractivity contribution in [3.8, 4) is 0 Å². The SMILES string of the molecule is O=CN(OCc1ccccc1)[C@@H](CCC(=O)O)C(=O)O. The third-order valence-corrected chi connectivity index (χ3v) is 2.55. The third kappa shape index (κ3) is 5.07. The summed E-state index contributed by atoms with van der Waals surface area (Å²) in [5.74, 6) is -2.45. The van der Waals surface area contributed by atoms with Crippen molar-refractivity contribution in [3.63, 3.8) is 0 Å². The van der Waals surface area contributed by atoms with Gasteiger partial charge >= 0.3 is 11.9 Å². The lowest BCUT2D eigenvalue weighted by Gasteiger charge is -2.23. The number of amides is 1. The van der Waals surface area contributed by atoms with Gasteiger partial charge in [-0.05, 0) is 12.0 Å². The van der Waals surface area contributed by atoms with Crippen LogP contribution in [0.2, 0.25) is 0 Å². The normalized spacial score (nSPS) is 11.6. The van der Waals surface area contributed by atoms with Gasteiger partial charge in [-0.15, -0.1) is 0 Å². The minimum atomic E-state index is -1.33. The Morgan fingerprint density at radius 1 is 1.25 bits per heavy atom. The molecule has 0 aliphatic rings. The Bertz CT molecular complexity index is 461. The molecule has 0 aliphatic heterocycles. The molecule has 0 radical (unpaired) electrons. The lowest BCUT2D eigenvalue weighted by molar-refractivity contribution is -0.201. The van der Waals surface area contributed by atoms with E-state index in [0.29, 0.717) is 5.06 Å². The number of rotatable bonds is 9.